The lowest BCUT2D eigenvalue weighted by Gasteiger charge is -2.40. The summed E-state index contributed by atoms with van der Waals surface area (Å²) >= 11 is 0. The van der Waals surface area contributed by atoms with Gasteiger partial charge in [0.1, 0.15) is 5.78 Å². The number of hydrogen-bond donors (Lipinski definition) is 0. The van der Waals surface area contributed by atoms with Crippen LogP contribution < -0.4 is 0 Å². The molecule has 0 aromatic heterocycles. The van der Waals surface area contributed by atoms with Crippen LogP contribution in [-0.2, 0) is 11.3 Å². The summed E-state index contributed by atoms with van der Waals surface area (Å²) in [4.78, 5) is 14.2. The molecule has 2 rings (SSSR count). The van der Waals surface area contributed by atoms with E-state index in [1.165, 1.54) is 5.56 Å². The van der Waals surface area contributed by atoms with Crippen molar-refractivity contribution >= 4 is 5.78 Å². The summed E-state index contributed by atoms with van der Waals surface area (Å²) in [5.41, 5.74) is 1.29. The SMILES string of the molecule is CC1C(=O)CN(Cc2ccccc2)C(C)C1C. The maximum Gasteiger partial charge on any atom is 0.149 e. The van der Waals surface area contributed by atoms with Crippen LogP contribution in [0.1, 0.15) is 26.3 Å². The number of rotatable bonds is 2. The lowest BCUT2D eigenvalue weighted by atomic mass is 9.82. The molecule has 0 spiro atoms. The van der Waals surface area contributed by atoms with Gasteiger partial charge in [-0.25, -0.2) is 0 Å². The molecule has 3 atom stereocenters. The average Bonchev–Trinajstić information content (AvgIpc) is 2.35. The summed E-state index contributed by atoms with van der Waals surface area (Å²) in [5, 5.41) is 0. The van der Waals surface area contributed by atoms with Gasteiger partial charge in [0.2, 0.25) is 0 Å². The van der Waals surface area contributed by atoms with Gasteiger partial charge in [-0.2, -0.15) is 0 Å². The number of likely N-dealkylation sites (tertiary alicyclic amines) is 1. The van der Waals surface area contributed by atoms with Gasteiger partial charge >= 0.3 is 0 Å². The summed E-state index contributed by atoms with van der Waals surface area (Å²) < 4.78 is 0. The Morgan fingerprint density at radius 1 is 1.18 bits per heavy atom. The Hall–Kier alpha value is -1.15. The van der Waals surface area contributed by atoms with E-state index in [2.05, 4.69) is 49.9 Å². The lowest BCUT2D eigenvalue weighted by Crippen LogP contribution is -2.50. The van der Waals surface area contributed by atoms with Gasteiger partial charge in [0, 0.05) is 18.5 Å². The summed E-state index contributed by atoms with van der Waals surface area (Å²) in [6, 6.07) is 10.9. The van der Waals surface area contributed by atoms with Gasteiger partial charge in [0.25, 0.3) is 0 Å². The van der Waals surface area contributed by atoms with Crippen molar-refractivity contribution in [2.24, 2.45) is 11.8 Å². The molecule has 0 aliphatic carbocycles. The third-order valence-corrected chi connectivity index (χ3v) is 4.22. The first-order valence-electron chi connectivity index (χ1n) is 6.40. The second-order valence-corrected chi connectivity index (χ2v) is 5.25. The zero-order valence-corrected chi connectivity index (χ0v) is 10.9. The van der Waals surface area contributed by atoms with Crippen LogP contribution in [0.5, 0.6) is 0 Å². The summed E-state index contributed by atoms with van der Waals surface area (Å²) in [6.45, 7) is 7.96. The summed E-state index contributed by atoms with van der Waals surface area (Å²) in [7, 11) is 0. The number of Topliss-reactive ketones (excluding diaryl/α,β-unsaturated/α-hetero) is 1. The Balaban J connectivity index is 2.09. The minimum absolute atomic E-state index is 0.206. The maximum absolute atomic E-state index is 11.9. The molecule has 0 radical (unpaired) electrons. The standard InChI is InChI=1S/C15H21NO/c1-11-12(2)15(17)10-16(13(11)3)9-14-7-5-4-6-8-14/h4-8,11-13H,9-10H2,1-3H3. The topological polar surface area (TPSA) is 20.3 Å². The van der Waals surface area contributed by atoms with Crippen molar-refractivity contribution in [2.75, 3.05) is 6.54 Å². The Kier molecular flexibility index (Phi) is 3.63. The predicted octanol–water partition coefficient (Wildman–Crippen LogP) is 2.73. The van der Waals surface area contributed by atoms with E-state index in [1.807, 2.05) is 6.07 Å². The van der Waals surface area contributed by atoms with Crippen molar-refractivity contribution < 1.29 is 4.79 Å². The van der Waals surface area contributed by atoms with Gasteiger partial charge in [-0.05, 0) is 18.4 Å². The van der Waals surface area contributed by atoms with Crippen LogP contribution in [0.2, 0.25) is 0 Å². The molecular weight excluding hydrogens is 210 g/mol. The summed E-state index contributed by atoms with van der Waals surface area (Å²) in [6.07, 6.45) is 0. The van der Waals surface area contributed by atoms with Crippen molar-refractivity contribution in [1.82, 2.24) is 4.90 Å². The molecular formula is C15H21NO. The van der Waals surface area contributed by atoms with E-state index in [9.17, 15) is 4.79 Å². The highest BCUT2D eigenvalue weighted by Gasteiger charge is 2.35. The Morgan fingerprint density at radius 3 is 2.47 bits per heavy atom. The highest BCUT2D eigenvalue weighted by atomic mass is 16.1. The van der Waals surface area contributed by atoms with E-state index in [0.717, 1.165) is 6.54 Å². The zero-order valence-electron chi connectivity index (χ0n) is 10.9. The van der Waals surface area contributed by atoms with E-state index in [1.54, 1.807) is 0 Å². The predicted molar refractivity (Wildman–Crippen MR) is 69.6 cm³/mol. The first-order valence-corrected chi connectivity index (χ1v) is 6.40. The van der Waals surface area contributed by atoms with Crippen LogP contribution in [0.3, 0.4) is 0 Å². The van der Waals surface area contributed by atoms with E-state index in [4.69, 9.17) is 0 Å². The molecule has 92 valence electrons. The van der Waals surface area contributed by atoms with Crippen molar-refractivity contribution in [3.63, 3.8) is 0 Å². The molecule has 1 aromatic carbocycles. The molecule has 1 heterocycles. The van der Waals surface area contributed by atoms with Crippen LogP contribution >= 0.6 is 0 Å². The largest absolute Gasteiger partial charge is 0.298 e. The molecule has 1 saturated heterocycles. The highest BCUT2D eigenvalue weighted by molar-refractivity contribution is 5.83. The van der Waals surface area contributed by atoms with E-state index in [-0.39, 0.29) is 5.92 Å². The van der Waals surface area contributed by atoms with Crippen LogP contribution in [-0.4, -0.2) is 23.3 Å². The number of nitrogens with zero attached hydrogens (tertiary/aromatic N) is 1. The lowest BCUT2D eigenvalue weighted by molar-refractivity contribution is -0.131. The number of carbonyl (C=O) groups is 1. The molecule has 0 saturated carbocycles. The third-order valence-electron chi connectivity index (χ3n) is 4.22. The number of piperidine rings is 1. The van der Waals surface area contributed by atoms with Gasteiger partial charge in [-0.15, -0.1) is 0 Å². The van der Waals surface area contributed by atoms with Crippen LogP contribution in [0.15, 0.2) is 30.3 Å². The van der Waals surface area contributed by atoms with Gasteiger partial charge < -0.3 is 0 Å². The molecule has 1 aliphatic heterocycles. The smallest absolute Gasteiger partial charge is 0.149 e. The van der Waals surface area contributed by atoms with Crippen molar-refractivity contribution in [1.29, 1.82) is 0 Å². The Bertz CT molecular complexity index is 387. The fourth-order valence-corrected chi connectivity index (χ4v) is 2.55. The van der Waals surface area contributed by atoms with Crippen molar-refractivity contribution in [2.45, 2.75) is 33.4 Å². The molecule has 1 aliphatic rings. The van der Waals surface area contributed by atoms with Gasteiger partial charge in [-0.1, -0.05) is 44.2 Å². The fourth-order valence-electron chi connectivity index (χ4n) is 2.55. The minimum Gasteiger partial charge on any atom is -0.298 e. The molecule has 2 heteroatoms. The Labute approximate surface area is 104 Å². The van der Waals surface area contributed by atoms with Crippen LogP contribution in [0.25, 0.3) is 0 Å². The van der Waals surface area contributed by atoms with Crippen molar-refractivity contribution in [3.05, 3.63) is 35.9 Å². The molecule has 0 bridgehead atoms. The van der Waals surface area contributed by atoms with Gasteiger partial charge in [0.05, 0.1) is 6.54 Å². The van der Waals surface area contributed by atoms with Gasteiger partial charge in [-0.3, -0.25) is 9.69 Å². The molecule has 3 unspecified atom stereocenters. The quantitative estimate of drug-likeness (QED) is 0.780. The first-order chi connectivity index (χ1) is 8.09. The third kappa shape index (κ3) is 2.58. The monoisotopic (exact) mass is 231 g/mol. The number of benzene rings is 1. The van der Waals surface area contributed by atoms with Crippen LogP contribution in [0, 0.1) is 11.8 Å². The van der Waals surface area contributed by atoms with E-state index < -0.39 is 0 Å². The van der Waals surface area contributed by atoms with Gasteiger partial charge in [0.15, 0.2) is 0 Å². The molecule has 1 aromatic rings. The average molecular weight is 231 g/mol. The normalized spacial score (nSPS) is 30.5. The molecule has 2 nitrogen and oxygen atoms in total. The number of hydrogen-bond acceptors (Lipinski definition) is 2. The fraction of sp³-hybridized carbons (Fsp3) is 0.533. The second kappa shape index (κ2) is 5.01. The van der Waals surface area contributed by atoms with Crippen molar-refractivity contribution in [3.8, 4) is 0 Å². The molecule has 0 amide bonds. The zero-order chi connectivity index (χ0) is 12.4. The van der Waals surface area contributed by atoms with E-state index >= 15 is 0 Å². The van der Waals surface area contributed by atoms with Crippen LogP contribution in [0.4, 0.5) is 0 Å². The minimum atomic E-state index is 0.206. The molecule has 0 N–H and O–H groups in total. The molecule has 17 heavy (non-hydrogen) atoms. The number of carbonyl (C=O) groups excluding carboxylic acids is 1. The Morgan fingerprint density at radius 2 is 1.82 bits per heavy atom. The number of ketones is 1. The highest BCUT2D eigenvalue weighted by Crippen LogP contribution is 2.27. The molecule has 1 fully saturated rings. The second-order valence-electron chi connectivity index (χ2n) is 5.25. The first kappa shape index (κ1) is 12.3. The summed E-state index contributed by atoms with van der Waals surface area (Å²) in [5.74, 6) is 1.03. The van der Waals surface area contributed by atoms with E-state index in [0.29, 0.717) is 24.3 Å². The maximum atomic E-state index is 11.9.